The van der Waals surface area contributed by atoms with Gasteiger partial charge in [-0.05, 0) is 19.1 Å². The molecule has 0 amide bonds. The van der Waals surface area contributed by atoms with E-state index >= 15 is 0 Å². The van der Waals surface area contributed by atoms with Crippen LogP contribution in [0.3, 0.4) is 0 Å². The number of carbonyl (C=O) groups excluding carboxylic acids is 1. The number of ketones is 1. The van der Waals surface area contributed by atoms with E-state index < -0.39 is 0 Å². The van der Waals surface area contributed by atoms with E-state index in [1.165, 1.54) is 6.92 Å². The van der Waals surface area contributed by atoms with Crippen LogP contribution < -0.4 is 5.32 Å². The Balaban J connectivity index is -0.000000306. The van der Waals surface area contributed by atoms with Gasteiger partial charge in [-0.25, -0.2) is 12.5 Å². The first kappa shape index (κ1) is 22.4. The molecule has 0 aromatic heterocycles. The molecule has 0 bridgehead atoms. The van der Waals surface area contributed by atoms with Gasteiger partial charge in [0.25, 0.3) is 0 Å². The maximum atomic E-state index is 11.0. The van der Waals surface area contributed by atoms with Gasteiger partial charge in [-0.2, -0.15) is 0 Å². The number of hydrogen-bond acceptors (Lipinski definition) is 3. The fourth-order valence-electron chi connectivity index (χ4n) is 0.944. The SMILES string of the molecule is C[B]S.[CH2-]Nc1ccccc1C(C)=O.[U].[Y]. The molecule has 1 rings (SSSR count). The monoisotopic (exact) mass is 534 g/mol. The molecule has 1 aromatic rings. The maximum Gasteiger partial charge on any atom is 0.183 e. The molecule has 0 saturated carbocycles. The minimum atomic E-state index is 0. The summed E-state index contributed by atoms with van der Waals surface area (Å²) in [6.07, 6.45) is 0. The zero-order valence-electron chi connectivity index (χ0n) is 9.53. The smallest absolute Gasteiger partial charge is 0.183 e. The van der Waals surface area contributed by atoms with Crippen molar-refractivity contribution in [2.24, 2.45) is 0 Å². The summed E-state index contributed by atoms with van der Waals surface area (Å²) in [6.45, 7) is 5.10. The van der Waals surface area contributed by atoms with Crippen molar-refractivity contribution in [2.75, 3.05) is 5.32 Å². The molecular formula is C10H14BNOSUY-. The average molecular weight is 534 g/mol. The second-order valence-electron chi connectivity index (χ2n) is 2.54. The summed E-state index contributed by atoms with van der Waals surface area (Å²) in [6, 6.07) is 7.29. The van der Waals surface area contributed by atoms with Gasteiger partial charge >= 0.3 is 0 Å². The van der Waals surface area contributed by atoms with E-state index in [4.69, 9.17) is 0 Å². The van der Waals surface area contributed by atoms with Crippen LogP contribution in [0.4, 0.5) is 5.69 Å². The molecule has 1 N–H and O–H groups in total. The van der Waals surface area contributed by atoms with Crippen LogP contribution in [-0.2, 0) is 32.7 Å². The topological polar surface area (TPSA) is 29.1 Å². The summed E-state index contributed by atoms with van der Waals surface area (Å²) in [7, 11) is 3.50. The van der Waals surface area contributed by atoms with Crippen LogP contribution >= 0.6 is 12.5 Å². The number of Topliss-reactive ketones (excluding diaryl/α,β-unsaturated/α-hetero) is 1. The van der Waals surface area contributed by atoms with Gasteiger partial charge in [0.05, 0.1) is 0 Å². The first-order valence-electron chi connectivity index (χ1n) is 4.22. The number of nitrogens with one attached hydrogen (secondary N) is 1. The molecule has 0 spiro atoms. The molecule has 6 heteroatoms. The summed E-state index contributed by atoms with van der Waals surface area (Å²) in [5, 5.41) is 2.71. The Morgan fingerprint density at radius 3 is 2.19 bits per heavy atom. The first-order valence-corrected chi connectivity index (χ1v) is 4.74. The Morgan fingerprint density at radius 2 is 1.88 bits per heavy atom. The standard InChI is InChI=1S/C9H10NO.CH4BS.U.Y/c1-7(11)8-5-3-4-6-9(8)10-2;1-2-3;;/h3-6,10H,2H2,1H3;3H,1H3;;/q-1;;;. The zero-order valence-corrected chi connectivity index (χ0v) is 17.4. The van der Waals surface area contributed by atoms with Crippen molar-refractivity contribution in [1.29, 1.82) is 0 Å². The number of rotatable bonds is 2. The normalized spacial score (nSPS) is 7.25. The maximum absolute atomic E-state index is 11.0. The summed E-state index contributed by atoms with van der Waals surface area (Å²) in [5.74, 6) is 0.0525. The van der Waals surface area contributed by atoms with Gasteiger partial charge in [-0.3, -0.25) is 11.8 Å². The Kier molecular flexibility index (Phi) is 20.1. The third-order valence-electron chi connectivity index (χ3n) is 1.50. The molecule has 0 unspecified atom stereocenters. The van der Waals surface area contributed by atoms with Crippen LogP contribution in [-0.4, -0.2) is 12.3 Å². The van der Waals surface area contributed by atoms with Gasteiger partial charge in [0.15, 0.2) is 12.3 Å². The Labute approximate surface area is 153 Å². The van der Waals surface area contributed by atoms with E-state index in [1.807, 2.05) is 25.0 Å². The molecule has 0 atom stereocenters. The van der Waals surface area contributed by atoms with Crippen molar-refractivity contribution in [3.05, 3.63) is 36.9 Å². The van der Waals surface area contributed by atoms with Gasteiger partial charge in [0.1, 0.15) is 0 Å². The Hall–Kier alpha value is 1.26. The van der Waals surface area contributed by atoms with Crippen molar-refractivity contribution in [3.63, 3.8) is 0 Å². The van der Waals surface area contributed by atoms with Gasteiger partial charge < -0.3 is 5.32 Å². The van der Waals surface area contributed by atoms with Crippen molar-refractivity contribution < 1.29 is 68.6 Å². The van der Waals surface area contributed by atoms with Crippen LogP contribution in [0.2, 0.25) is 6.82 Å². The predicted octanol–water partition coefficient (Wildman–Crippen LogP) is 2.67. The third-order valence-corrected chi connectivity index (χ3v) is 1.50. The molecule has 0 aliphatic carbocycles. The van der Waals surface area contributed by atoms with Crippen molar-refractivity contribution >= 4 is 30.5 Å². The predicted molar refractivity (Wildman–Crippen MR) is 66.0 cm³/mol. The van der Waals surface area contributed by atoms with Gasteiger partial charge in [0.2, 0.25) is 0 Å². The van der Waals surface area contributed by atoms with E-state index in [0.29, 0.717) is 5.56 Å². The van der Waals surface area contributed by atoms with E-state index in [-0.39, 0.29) is 69.6 Å². The van der Waals surface area contributed by atoms with E-state index in [2.05, 4.69) is 24.8 Å². The fraction of sp³-hybridized carbons (Fsp3) is 0.200. The first-order chi connectivity index (χ1) is 6.67. The molecule has 0 fully saturated rings. The minimum absolute atomic E-state index is 0. The van der Waals surface area contributed by atoms with Crippen molar-refractivity contribution in [1.82, 2.24) is 0 Å². The Morgan fingerprint density at radius 1 is 1.44 bits per heavy atom. The minimum Gasteiger partial charge on any atom is -0.537 e. The van der Waals surface area contributed by atoms with Crippen LogP contribution in [0.25, 0.3) is 0 Å². The van der Waals surface area contributed by atoms with Crippen molar-refractivity contribution in [3.8, 4) is 0 Å². The molecule has 0 aliphatic rings. The van der Waals surface area contributed by atoms with Crippen LogP contribution in [0, 0.1) is 38.2 Å². The second kappa shape index (κ2) is 14.3. The third kappa shape index (κ3) is 9.31. The molecule has 1 aromatic carbocycles. The van der Waals surface area contributed by atoms with E-state index in [9.17, 15) is 4.79 Å². The summed E-state index contributed by atoms with van der Waals surface area (Å²) < 4.78 is 0. The number of para-hydroxylation sites is 1. The Bertz CT molecular complexity index is 302. The molecule has 0 aliphatic heterocycles. The van der Waals surface area contributed by atoms with Crippen LogP contribution in [0.15, 0.2) is 24.3 Å². The van der Waals surface area contributed by atoms with E-state index in [0.717, 1.165) is 5.69 Å². The number of thiol groups is 1. The molecule has 2 nitrogen and oxygen atoms in total. The summed E-state index contributed by atoms with van der Waals surface area (Å²) in [5.41, 5.74) is 1.46. The summed E-state index contributed by atoms with van der Waals surface area (Å²) in [4.78, 5) is 11.0. The largest absolute Gasteiger partial charge is 0.537 e. The molecule has 2 radical (unpaired) electrons. The van der Waals surface area contributed by atoms with Gasteiger partial charge in [0, 0.05) is 75.1 Å². The molecular weight excluding hydrogens is 520 g/mol. The summed E-state index contributed by atoms with van der Waals surface area (Å²) >= 11 is 3.66. The van der Waals surface area contributed by atoms with Crippen molar-refractivity contribution in [2.45, 2.75) is 13.7 Å². The number of benzene rings is 1. The van der Waals surface area contributed by atoms with Gasteiger partial charge in [-0.15, -0.1) is 0 Å². The van der Waals surface area contributed by atoms with Crippen LogP contribution in [0.1, 0.15) is 17.3 Å². The fourth-order valence-corrected chi connectivity index (χ4v) is 0.944. The van der Waals surface area contributed by atoms with Crippen LogP contribution in [0.5, 0.6) is 0 Å². The number of anilines is 1. The molecule has 0 heterocycles. The van der Waals surface area contributed by atoms with E-state index in [1.54, 1.807) is 12.6 Å². The average Bonchev–Trinajstić information content (AvgIpc) is 2.19. The molecule has 0 saturated heterocycles. The van der Waals surface area contributed by atoms with Gasteiger partial charge in [-0.1, -0.05) is 19.0 Å². The molecule has 16 heavy (non-hydrogen) atoms. The molecule has 82 valence electrons. The second-order valence-corrected chi connectivity index (χ2v) is 3.05. The zero-order chi connectivity index (χ0) is 11.0. The quantitative estimate of drug-likeness (QED) is 0.265. The number of hydrogen-bond donors (Lipinski definition) is 2. The number of carbonyl (C=O) groups is 1.